The molecule has 1 aliphatic rings. The Balaban J connectivity index is 1.37. The fraction of sp³-hybridized carbons (Fsp3) is 0.316. The number of rotatable bonds is 6. The van der Waals surface area contributed by atoms with Crippen molar-refractivity contribution in [2.24, 2.45) is 0 Å². The van der Waals surface area contributed by atoms with E-state index in [2.05, 4.69) is 10.3 Å². The van der Waals surface area contributed by atoms with Crippen LogP contribution in [0, 0.1) is 11.3 Å². The molecule has 2 heterocycles. The van der Waals surface area contributed by atoms with E-state index in [1.165, 1.54) is 6.20 Å². The van der Waals surface area contributed by atoms with Gasteiger partial charge in [0.15, 0.2) is 0 Å². The van der Waals surface area contributed by atoms with Gasteiger partial charge >= 0.3 is 6.03 Å². The van der Waals surface area contributed by atoms with Crippen molar-refractivity contribution in [2.75, 3.05) is 26.7 Å². The molecule has 0 atom stereocenters. The zero-order valence-electron chi connectivity index (χ0n) is 14.5. The molecule has 0 aliphatic carbocycles. The molecule has 1 aromatic heterocycles. The van der Waals surface area contributed by atoms with Crippen molar-refractivity contribution in [3.05, 3.63) is 53.7 Å². The van der Waals surface area contributed by atoms with Crippen LogP contribution in [0.4, 0.5) is 4.79 Å². The monoisotopic (exact) mass is 352 g/mol. The van der Waals surface area contributed by atoms with Crippen LogP contribution in [-0.2, 0) is 6.42 Å². The van der Waals surface area contributed by atoms with E-state index in [1.807, 2.05) is 30.3 Å². The highest BCUT2D eigenvalue weighted by Crippen LogP contribution is 2.17. The van der Waals surface area contributed by atoms with Crippen LogP contribution >= 0.6 is 0 Å². The number of urea groups is 1. The van der Waals surface area contributed by atoms with Gasteiger partial charge in [-0.15, -0.1) is 0 Å². The maximum Gasteiger partial charge on any atom is 0.317 e. The summed E-state index contributed by atoms with van der Waals surface area (Å²) in [6.07, 6.45) is 2.20. The number of pyridine rings is 1. The second-order valence-electron chi connectivity index (χ2n) is 5.97. The van der Waals surface area contributed by atoms with E-state index < -0.39 is 0 Å². The molecule has 2 amide bonds. The minimum absolute atomic E-state index is 0.0937. The number of nitrogens with zero attached hydrogens (tertiary/aromatic N) is 3. The third-order valence-corrected chi connectivity index (χ3v) is 4.14. The number of aromatic nitrogens is 1. The number of hydrogen-bond acceptors (Lipinski definition) is 5. The standard InChI is InChI=1S/C19H20N4O3/c1-25-16-4-2-14(3-5-16)6-9-22-19(24)23-12-17(13-23)26-18-10-15(11-20)7-8-21-18/h2-5,7-8,10,17H,6,9,12-13H2,1H3,(H,22,24). The largest absolute Gasteiger partial charge is 0.497 e. The molecule has 2 aromatic rings. The quantitative estimate of drug-likeness (QED) is 0.859. The van der Waals surface area contributed by atoms with Crippen molar-refractivity contribution in [1.29, 1.82) is 5.26 Å². The number of methoxy groups -OCH3 is 1. The van der Waals surface area contributed by atoms with Gasteiger partial charge < -0.3 is 19.7 Å². The smallest absolute Gasteiger partial charge is 0.317 e. The SMILES string of the molecule is COc1ccc(CCNC(=O)N2CC(Oc3cc(C#N)ccn3)C2)cc1. The van der Waals surface area contributed by atoms with Gasteiger partial charge in [0, 0.05) is 18.8 Å². The lowest BCUT2D eigenvalue weighted by atomic mass is 10.1. The van der Waals surface area contributed by atoms with Crippen molar-refractivity contribution in [1.82, 2.24) is 15.2 Å². The van der Waals surface area contributed by atoms with Crippen molar-refractivity contribution in [3.8, 4) is 17.7 Å². The first-order valence-electron chi connectivity index (χ1n) is 8.36. The van der Waals surface area contributed by atoms with E-state index >= 15 is 0 Å². The minimum Gasteiger partial charge on any atom is -0.497 e. The van der Waals surface area contributed by atoms with Crippen LogP contribution in [0.15, 0.2) is 42.6 Å². The highest BCUT2D eigenvalue weighted by atomic mass is 16.5. The second kappa shape index (κ2) is 8.21. The summed E-state index contributed by atoms with van der Waals surface area (Å²) in [5.74, 6) is 1.23. The average molecular weight is 352 g/mol. The van der Waals surface area contributed by atoms with Gasteiger partial charge in [-0.1, -0.05) is 12.1 Å². The normalized spacial score (nSPS) is 13.5. The summed E-state index contributed by atoms with van der Waals surface area (Å²) in [5.41, 5.74) is 1.64. The fourth-order valence-electron chi connectivity index (χ4n) is 2.61. The third-order valence-electron chi connectivity index (χ3n) is 4.14. The van der Waals surface area contributed by atoms with Crippen molar-refractivity contribution in [2.45, 2.75) is 12.5 Å². The first-order valence-corrected chi connectivity index (χ1v) is 8.36. The van der Waals surface area contributed by atoms with Crippen LogP contribution in [0.5, 0.6) is 11.6 Å². The van der Waals surface area contributed by atoms with Gasteiger partial charge in [0.1, 0.15) is 11.9 Å². The first-order chi connectivity index (χ1) is 12.7. The molecule has 1 saturated heterocycles. The summed E-state index contributed by atoms with van der Waals surface area (Å²) in [7, 11) is 1.63. The lowest BCUT2D eigenvalue weighted by Crippen LogP contribution is -2.59. The Morgan fingerprint density at radius 3 is 2.81 bits per heavy atom. The Kier molecular flexibility index (Phi) is 5.54. The molecular formula is C19H20N4O3. The van der Waals surface area contributed by atoms with Gasteiger partial charge in [0.05, 0.1) is 31.8 Å². The third kappa shape index (κ3) is 4.42. The molecule has 3 rings (SSSR count). The molecule has 0 unspecified atom stereocenters. The molecule has 0 bridgehead atoms. The van der Waals surface area contributed by atoms with Crippen LogP contribution in [-0.4, -0.2) is 48.8 Å². The molecule has 1 N–H and O–H groups in total. The molecule has 1 aliphatic heterocycles. The van der Waals surface area contributed by atoms with Gasteiger partial charge in [-0.05, 0) is 30.2 Å². The second-order valence-corrected chi connectivity index (χ2v) is 5.97. The van der Waals surface area contributed by atoms with Crippen LogP contribution in [0.3, 0.4) is 0 Å². The Morgan fingerprint density at radius 1 is 1.35 bits per heavy atom. The van der Waals surface area contributed by atoms with Gasteiger partial charge in [-0.2, -0.15) is 5.26 Å². The van der Waals surface area contributed by atoms with Crippen molar-refractivity contribution >= 4 is 6.03 Å². The number of likely N-dealkylation sites (tertiary alicyclic amines) is 1. The maximum absolute atomic E-state index is 12.1. The van der Waals surface area contributed by atoms with Crippen LogP contribution in [0.1, 0.15) is 11.1 Å². The van der Waals surface area contributed by atoms with E-state index in [9.17, 15) is 4.79 Å². The van der Waals surface area contributed by atoms with Gasteiger partial charge in [-0.25, -0.2) is 9.78 Å². The number of benzene rings is 1. The zero-order valence-corrected chi connectivity index (χ0v) is 14.5. The summed E-state index contributed by atoms with van der Waals surface area (Å²) in [5, 5.41) is 11.8. The van der Waals surface area contributed by atoms with Gasteiger partial charge in [0.2, 0.25) is 5.88 Å². The van der Waals surface area contributed by atoms with Crippen molar-refractivity contribution in [3.63, 3.8) is 0 Å². The molecule has 7 nitrogen and oxygen atoms in total. The maximum atomic E-state index is 12.1. The number of nitrogens with one attached hydrogen (secondary N) is 1. The Morgan fingerprint density at radius 2 is 2.12 bits per heavy atom. The molecule has 134 valence electrons. The lowest BCUT2D eigenvalue weighted by molar-refractivity contribution is 0.0415. The molecule has 26 heavy (non-hydrogen) atoms. The number of nitriles is 1. The predicted octanol–water partition coefficient (Wildman–Crippen LogP) is 1.98. The highest BCUT2D eigenvalue weighted by molar-refractivity contribution is 5.75. The van der Waals surface area contributed by atoms with E-state index in [-0.39, 0.29) is 12.1 Å². The van der Waals surface area contributed by atoms with Crippen molar-refractivity contribution < 1.29 is 14.3 Å². The number of carbonyl (C=O) groups is 1. The number of hydrogen-bond donors (Lipinski definition) is 1. The zero-order chi connectivity index (χ0) is 18.4. The number of ether oxygens (including phenoxy) is 2. The molecule has 0 radical (unpaired) electrons. The topological polar surface area (TPSA) is 87.5 Å². The Labute approximate surface area is 152 Å². The first kappa shape index (κ1) is 17.5. The van der Waals surface area contributed by atoms with E-state index in [1.54, 1.807) is 24.1 Å². The van der Waals surface area contributed by atoms with E-state index in [0.29, 0.717) is 31.1 Å². The molecule has 0 saturated carbocycles. The Bertz CT molecular complexity index is 795. The number of amides is 2. The Hall–Kier alpha value is -3.27. The predicted molar refractivity (Wildman–Crippen MR) is 95.0 cm³/mol. The minimum atomic E-state index is -0.0999. The molecule has 1 fully saturated rings. The lowest BCUT2D eigenvalue weighted by Gasteiger charge is -2.38. The summed E-state index contributed by atoms with van der Waals surface area (Å²) in [4.78, 5) is 17.9. The molecular weight excluding hydrogens is 332 g/mol. The van der Waals surface area contributed by atoms with Gasteiger partial charge in [-0.3, -0.25) is 0 Å². The summed E-state index contributed by atoms with van der Waals surface area (Å²) in [6.45, 7) is 1.58. The average Bonchev–Trinajstić information content (AvgIpc) is 2.65. The van der Waals surface area contributed by atoms with E-state index in [4.69, 9.17) is 14.7 Å². The van der Waals surface area contributed by atoms with Gasteiger partial charge in [0.25, 0.3) is 0 Å². The molecule has 1 aromatic carbocycles. The molecule has 7 heteroatoms. The fourth-order valence-corrected chi connectivity index (χ4v) is 2.61. The summed E-state index contributed by atoms with van der Waals surface area (Å²) in [6, 6.07) is 12.9. The van der Waals surface area contributed by atoms with E-state index in [0.717, 1.165) is 17.7 Å². The summed E-state index contributed by atoms with van der Waals surface area (Å²) >= 11 is 0. The number of carbonyl (C=O) groups excluding carboxylic acids is 1. The highest BCUT2D eigenvalue weighted by Gasteiger charge is 2.32. The van der Waals surface area contributed by atoms with Crippen LogP contribution in [0.2, 0.25) is 0 Å². The molecule has 0 spiro atoms. The van der Waals surface area contributed by atoms with Crippen LogP contribution < -0.4 is 14.8 Å². The summed E-state index contributed by atoms with van der Waals surface area (Å²) < 4.78 is 10.8. The van der Waals surface area contributed by atoms with Crippen LogP contribution in [0.25, 0.3) is 0 Å².